The van der Waals surface area contributed by atoms with E-state index in [1.165, 1.54) is 6.92 Å². The topological polar surface area (TPSA) is 147 Å². The fraction of sp³-hybridized carbons (Fsp3) is 0.433. The van der Waals surface area contributed by atoms with Crippen LogP contribution in [0, 0.1) is 5.92 Å². The monoisotopic (exact) mass is 537 g/mol. The van der Waals surface area contributed by atoms with E-state index in [1.54, 1.807) is 13.8 Å². The van der Waals surface area contributed by atoms with Gasteiger partial charge in [0.1, 0.15) is 6.04 Å². The van der Waals surface area contributed by atoms with E-state index in [2.05, 4.69) is 5.32 Å². The van der Waals surface area contributed by atoms with E-state index >= 15 is 0 Å². The van der Waals surface area contributed by atoms with Crippen LogP contribution in [0.15, 0.2) is 60.7 Å². The number of amides is 3. The van der Waals surface area contributed by atoms with Gasteiger partial charge in [0.2, 0.25) is 17.7 Å². The number of Topliss-reactive ketones (excluding diaryl/α,β-unsaturated/α-hetero) is 1. The first-order chi connectivity index (χ1) is 18.5. The number of nitrogens with zero attached hydrogens (tertiary/aromatic N) is 1. The molecule has 2 rings (SSSR count). The Bertz CT molecular complexity index is 1120. The minimum absolute atomic E-state index is 0.0326. The van der Waals surface area contributed by atoms with Gasteiger partial charge in [-0.3, -0.25) is 28.9 Å². The minimum Gasteiger partial charge on any atom is -0.481 e. The number of aliphatic carboxylic acids is 1. The second-order valence-electron chi connectivity index (χ2n) is 10.00. The molecular weight excluding hydrogens is 498 g/mol. The van der Waals surface area contributed by atoms with Crippen LogP contribution < -0.4 is 11.1 Å². The highest BCUT2D eigenvalue weighted by molar-refractivity contribution is 6.03. The standard InChI is InChI=1S/C30H39N3O6/c1-20(2)28(31)30(39)33(26(35)18-17-23-13-8-5-9-14-23)21(3)29(38)32-24(19-27(36)37)25(34)16-10-15-22-11-6-4-7-12-22/h4-9,11-14,20-21,24,28H,10,15-19,31H2,1-3H3,(H,32,38)(H,36,37)/t21-,24?,28-/m0/s1. The molecule has 1 unspecified atom stereocenters. The van der Waals surface area contributed by atoms with Crippen LogP contribution in [-0.4, -0.2) is 57.6 Å². The maximum Gasteiger partial charge on any atom is 0.305 e. The highest BCUT2D eigenvalue weighted by atomic mass is 16.4. The largest absolute Gasteiger partial charge is 0.481 e. The van der Waals surface area contributed by atoms with Crippen LogP contribution >= 0.6 is 0 Å². The normalized spacial score (nSPS) is 13.3. The molecule has 0 heterocycles. The molecule has 0 saturated carbocycles. The van der Waals surface area contributed by atoms with Crippen molar-refractivity contribution in [1.82, 2.24) is 10.2 Å². The fourth-order valence-corrected chi connectivity index (χ4v) is 4.11. The van der Waals surface area contributed by atoms with E-state index in [0.29, 0.717) is 19.3 Å². The molecule has 0 radical (unpaired) electrons. The number of nitrogens with one attached hydrogen (secondary N) is 1. The molecule has 0 aliphatic carbocycles. The average molecular weight is 538 g/mol. The molecule has 0 spiro atoms. The number of rotatable bonds is 15. The number of ketones is 1. The van der Waals surface area contributed by atoms with Crippen molar-refractivity contribution in [3.05, 3.63) is 71.8 Å². The molecular formula is C30H39N3O6. The molecule has 4 N–H and O–H groups in total. The summed E-state index contributed by atoms with van der Waals surface area (Å²) in [6.45, 7) is 4.84. The Morgan fingerprint density at radius 2 is 1.38 bits per heavy atom. The highest BCUT2D eigenvalue weighted by Crippen LogP contribution is 2.14. The van der Waals surface area contributed by atoms with E-state index in [0.717, 1.165) is 16.0 Å². The van der Waals surface area contributed by atoms with Crippen molar-refractivity contribution in [1.29, 1.82) is 0 Å². The molecule has 0 saturated heterocycles. The maximum atomic E-state index is 13.2. The molecule has 2 aromatic rings. The SMILES string of the molecule is CC(C)[C@H](N)C(=O)N(C(=O)CCc1ccccc1)[C@@H](C)C(=O)NC(CC(=O)O)C(=O)CCCc1ccccc1. The van der Waals surface area contributed by atoms with Gasteiger partial charge >= 0.3 is 5.97 Å². The Hall–Kier alpha value is -3.85. The fourth-order valence-electron chi connectivity index (χ4n) is 4.11. The summed E-state index contributed by atoms with van der Waals surface area (Å²) in [4.78, 5) is 64.8. The number of carbonyl (C=O) groups excluding carboxylic acids is 4. The summed E-state index contributed by atoms with van der Waals surface area (Å²) in [5.41, 5.74) is 7.99. The number of carboxylic acids is 1. The Labute approximate surface area is 229 Å². The van der Waals surface area contributed by atoms with Gasteiger partial charge in [-0.2, -0.15) is 0 Å². The van der Waals surface area contributed by atoms with Crippen LogP contribution in [0.3, 0.4) is 0 Å². The smallest absolute Gasteiger partial charge is 0.305 e. The van der Waals surface area contributed by atoms with Crippen LogP contribution in [0.1, 0.15) is 57.6 Å². The quantitative estimate of drug-likeness (QED) is 0.316. The van der Waals surface area contributed by atoms with Crippen molar-refractivity contribution < 1.29 is 29.1 Å². The number of carbonyl (C=O) groups is 5. The Morgan fingerprint density at radius 1 is 0.846 bits per heavy atom. The molecule has 3 atom stereocenters. The van der Waals surface area contributed by atoms with Crippen LogP contribution in [0.5, 0.6) is 0 Å². The van der Waals surface area contributed by atoms with Crippen molar-refractivity contribution in [2.75, 3.05) is 0 Å². The summed E-state index contributed by atoms with van der Waals surface area (Å²) in [5.74, 6) is -4.04. The summed E-state index contributed by atoms with van der Waals surface area (Å²) in [6, 6.07) is 15.2. The van der Waals surface area contributed by atoms with E-state index in [-0.39, 0.29) is 18.8 Å². The number of aryl methyl sites for hydroxylation is 2. The van der Waals surface area contributed by atoms with Gasteiger partial charge in [-0.05, 0) is 43.2 Å². The molecule has 9 nitrogen and oxygen atoms in total. The summed E-state index contributed by atoms with van der Waals surface area (Å²) in [7, 11) is 0. The van der Waals surface area contributed by atoms with Gasteiger partial charge in [0.05, 0.1) is 18.5 Å². The highest BCUT2D eigenvalue weighted by Gasteiger charge is 2.36. The predicted octanol–water partition coefficient (Wildman–Crippen LogP) is 2.90. The van der Waals surface area contributed by atoms with E-state index in [4.69, 9.17) is 5.73 Å². The Balaban J connectivity index is 2.14. The van der Waals surface area contributed by atoms with E-state index in [1.807, 2.05) is 60.7 Å². The van der Waals surface area contributed by atoms with Gasteiger partial charge < -0.3 is 16.2 Å². The number of carboxylic acid groups (broad SMARTS) is 1. The van der Waals surface area contributed by atoms with Crippen molar-refractivity contribution in [3.8, 4) is 0 Å². The van der Waals surface area contributed by atoms with E-state index in [9.17, 15) is 29.1 Å². The third-order valence-electron chi connectivity index (χ3n) is 6.56. The number of hydrogen-bond acceptors (Lipinski definition) is 6. The van der Waals surface area contributed by atoms with Gasteiger partial charge in [-0.1, -0.05) is 74.5 Å². The maximum absolute atomic E-state index is 13.2. The second-order valence-corrected chi connectivity index (χ2v) is 10.00. The number of hydrogen-bond donors (Lipinski definition) is 3. The summed E-state index contributed by atoms with van der Waals surface area (Å²) < 4.78 is 0. The lowest BCUT2D eigenvalue weighted by Crippen LogP contribution is -2.58. The van der Waals surface area contributed by atoms with Crippen LogP contribution in [0.4, 0.5) is 0 Å². The Kier molecular flexibility index (Phi) is 12.5. The van der Waals surface area contributed by atoms with Crippen molar-refractivity contribution >= 4 is 29.5 Å². The molecule has 0 aliphatic heterocycles. The first-order valence-corrected chi connectivity index (χ1v) is 13.3. The van der Waals surface area contributed by atoms with Gasteiger partial charge in [0.15, 0.2) is 5.78 Å². The van der Waals surface area contributed by atoms with Gasteiger partial charge in [-0.15, -0.1) is 0 Å². The van der Waals surface area contributed by atoms with E-state index < -0.39 is 54.0 Å². The average Bonchev–Trinajstić information content (AvgIpc) is 2.91. The minimum atomic E-state index is -1.29. The summed E-state index contributed by atoms with van der Waals surface area (Å²) in [6.07, 6.45) is 0.895. The third kappa shape index (κ3) is 10.1. The molecule has 210 valence electrons. The lowest BCUT2D eigenvalue weighted by atomic mass is 10.00. The molecule has 2 aromatic carbocycles. The number of imide groups is 1. The first-order valence-electron chi connectivity index (χ1n) is 13.3. The lowest BCUT2D eigenvalue weighted by molar-refractivity contribution is -0.153. The van der Waals surface area contributed by atoms with Crippen molar-refractivity contribution in [2.24, 2.45) is 11.7 Å². The Morgan fingerprint density at radius 3 is 1.90 bits per heavy atom. The van der Waals surface area contributed by atoms with Crippen LogP contribution in [0.25, 0.3) is 0 Å². The second kappa shape index (κ2) is 15.5. The molecule has 9 heteroatoms. The van der Waals surface area contributed by atoms with Gasteiger partial charge in [0.25, 0.3) is 0 Å². The molecule has 39 heavy (non-hydrogen) atoms. The summed E-state index contributed by atoms with van der Waals surface area (Å²) >= 11 is 0. The zero-order chi connectivity index (χ0) is 28.9. The van der Waals surface area contributed by atoms with Gasteiger partial charge in [-0.25, -0.2) is 0 Å². The van der Waals surface area contributed by atoms with Crippen LogP contribution in [-0.2, 0) is 36.8 Å². The lowest BCUT2D eigenvalue weighted by Gasteiger charge is -2.31. The zero-order valence-corrected chi connectivity index (χ0v) is 22.8. The third-order valence-corrected chi connectivity index (χ3v) is 6.56. The molecule has 0 aromatic heterocycles. The molecule has 0 fully saturated rings. The van der Waals surface area contributed by atoms with Gasteiger partial charge in [0, 0.05) is 12.8 Å². The number of benzene rings is 2. The van der Waals surface area contributed by atoms with Crippen molar-refractivity contribution in [3.63, 3.8) is 0 Å². The molecule has 0 aliphatic rings. The number of nitrogens with two attached hydrogens (primary N) is 1. The zero-order valence-electron chi connectivity index (χ0n) is 22.8. The predicted molar refractivity (Wildman–Crippen MR) is 147 cm³/mol. The van der Waals surface area contributed by atoms with Crippen molar-refractivity contribution in [2.45, 2.75) is 77.4 Å². The molecule has 0 bridgehead atoms. The van der Waals surface area contributed by atoms with Crippen LogP contribution in [0.2, 0.25) is 0 Å². The first kappa shape index (κ1) is 31.4. The summed E-state index contributed by atoms with van der Waals surface area (Å²) in [5, 5.41) is 11.8. The molecule has 3 amide bonds.